The molecule has 17 heavy (non-hydrogen) atoms. The van der Waals surface area contributed by atoms with E-state index in [0.29, 0.717) is 5.41 Å². The van der Waals surface area contributed by atoms with Crippen molar-refractivity contribution in [2.75, 3.05) is 30.8 Å². The molecule has 1 fully saturated rings. The van der Waals surface area contributed by atoms with Gasteiger partial charge in [-0.1, -0.05) is 6.92 Å². The lowest BCUT2D eigenvalue weighted by molar-refractivity contribution is 0.0299. The molecular formula is C12H22N4O. The average molecular weight is 238 g/mol. The molecule has 2 rings (SSSR count). The maximum Gasteiger partial charge on any atom is 0.147 e. The predicted molar refractivity (Wildman–Crippen MR) is 69.0 cm³/mol. The van der Waals surface area contributed by atoms with Gasteiger partial charge in [-0.15, -0.1) is 0 Å². The molecule has 0 atom stereocenters. The molecule has 1 aromatic heterocycles. The van der Waals surface area contributed by atoms with Gasteiger partial charge in [0.15, 0.2) is 0 Å². The van der Waals surface area contributed by atoms with Crippen molar-refractivity contribution in [3.8, 4) is 0 Å². The number of ether oxygens (including phenoxy) is 1. The Labute approximate surface area is 102 Å². The number of aryl methyl sites for hydroxylation is 2. The first kappa shape index (κ1) is 12.2. The second kappa shape index (κ2) is 4.56. The third-order valence-corrected chi connectivity index (χ3v) is 3.65. The largest absolute Gasteiger partial charge is 0.394 e. The molecule has 0 saturated carbocycles. The Balaban J connectivity index is 2.01. The summed E-state index contributed by atoms with van der Waals surface area (Å²) in [4.78, 5) is 0. The lowest BCUT2D eigenvalue weighted by Gasteiger charge is -2.33. The Morgan fingerprint density at radius 1 is 1.47 bits per heavy atom. The highest BCUT2D eigenvalue weighted by Crippen LogP contribution is 2.31. The van der Waals surface area contributed by atoms with Gasteiger partial charge in [0, 0.05) is 26.8 Å². The Bertz CT molecular complexity index is 393. The van der Waals surface area contributed by atoms with Crippen LogP contribution in [0.3, 0.4) is 0 Å². The molecule has 2 heterocycles. The molecule has 0 aromatic carbocycles. The van der Waals surface area contributed by atoms with E-state index in [-0.39, 0.29) is 0 Å². The van der Waals surface area contributed by atoms with Crippen molar-refractivity contribution in [1.29, 1.82) is 0 Å². The molecule has 1 saturated heterocycles. The Morgan fingerprint density at radius 3 is 2.65 bits per heavy atom. The van der Waals surface area contributed by atoms with Gasteiger partial charge in [-0.05, 0) is 25.2 Å². The minimum absolute atomic E-state index is 0.295. The number of hydrogen-bond donors (Lipinski definition) is 2. The van der Waals surface area contributed by atoms with E-state index in [9.17, 15) is 0 Å². The van der Waals surface area contributed by atoms with E-state index in [4.69, 9.17) is 10.5 Å². The van der Waals surface area contributed by atoms with Gasteiger partial charge in [0.25, 0.3) is 0 Å². The monoisotopic (exact) mass is 238 g/mol. The van der Waals surface area contributed by atoms with Crippen molar-refractivity contribution < 1.29 is 4.74 Å². The van der Waals surface area contributed by atoms with Crippen LogP contribution >= 0.6 is 0 Å². The van der Waals surface area contributed by atoms with Crippen molar-refractivity contribution in [3.63, 3.8) is 0 Å². The maximum absolute atomic E-state index is 5.99. The number of nitrogens with two attached hydrogens (primary N) is 1. The van der Waals surface area contributed by atoms with Crippen LogP contribution in [0.25, 0.3) is 0 Å². The van der Waals surface area contributed by atoms with Crippen molar-refractivity contribution in [3.05, 3.63) is 5.69 Å². The van der Waals surface area contributed by atoms with E-state index in [2.05, 4.69) is 17.3 Å². The van der Waals surface area contributed by atoms with Crippen LogP contribution in [0.15, 0.2) is 0 Å². The van der Waals surface area contributed by atoms with Crippen LogP contribution in [0.2, 0.25) is 0 Å². The summed E-state index contributed by atoms with van der Waals surface area (Å²) >= 11 is 0. The molecule has 1 aromatic rings. The van der Waals surface area contributed by atoms with E-state index in [1.807, 2.05) is 18.7 Å². The normalized spacial score (nSPS) is 19.2. The average Bonchev–Trinajstić information content (AvgIpc) is 2.52. The van der Waals surface area contributed by atoms with Crippen molar-refractivity contribution >= 4 is 11.5 Å². The highest BCUT2D eigenvalue weighted by Gasteiger charge is 2.27. The Hall–Kier alpha value is -1.23. The Kier molecular flexibility index (Phi) is 3.28. The molecular weight excluding hydrogens is 216 g/mol. The van der Waals surface area contributed by atoms with E-state index >= 15 is 0 Å². The molecule has 3 N–H and O–H groups in total. The number of hydrogen-bond acceptors (Lipinski definition) is 4. The van der Waals surface area contributed by atoms with Crippen molar-refractivity contribution in [1.82, 2.24) is 9.78 Å². The van der Waals surface area contributed by atoms with Gasteiger partial charge in [-0.2, -0.15) is 5.10 Å². The summed E-state index contributed by atoms with van der Waals surface area (Å²) in [5, 5.41) is 7.73. The number of anilines is 2. The van der Waals surface area contributed by atoms with E-state index < -0.39 is 0 Å². The lowest BCUT2D eigenvalue weighted by Crippen LogP contribution is -2.33. The van der Waals surface area contributed by atoms with Crippen LogP contribution < -0.4 is 11.1 Å². The van der Waals surface area contributed by atoms with Crippen LogP contribution in [0, 0.1) is 12.3 Å². The minimum Gasteiger partial charge on any atom is -0.394 e. The molecule has 0 unspecified atom stereocenters. The second-order valence-electron chi connectivity index (χ2n) is 5.25. The van der Waals surface area contributed by atoms with Crippen LogP contribution in [0.4, 0.5) is 11.5 Å². The maximum atomic E-state index is 5.99. The summed E-state index contributed by atoms with van der Waals surface area (Å²) in [6, 6.07) is 0. The van der Waals surface area contributed by atoms with Gasteiger partial charge in [0.2, 0.25) is 0 Å². The van der Waals surface area contributed by atoms with Gasteiger partial charge in [0.1, 0.15) is 5.82 Å². The molecule has 0 bridgehead atoms. The highest BCUT2D eigenvalue weighted by molar-refractivity contribution is 5.64. The van der Waals surface area contributed by atoms with Gasteiger partial charge in [-0.3, -0.25) is 4.68 Å². The number of aromatic nitrogens is 2. The number of nitrogens with one attached hydrogen (secondary N) is 1. The molecule has 0 amide bonds. The predicted octanol–water partition coefficient (Wildman–Crippen LogP) is 1.54. The van der Waals surface area contributed by atoms with Crippen LogP contribution in [-0.4, -0.2) is 29.5 Å². The van der Waals surface area contributed by atoms with E-state index in [0.717, 1.165) is 49.8 Å². The first-order valence-electron chi connectivity index (χ1n) is 6.12. The SMILES string of the molecule is Cc1nn(C)c(NCC2(C)CCOCC2)c1N. The first-order valence-corrected chi connectivity index (χ1v) is 6.12. The van der Waals surface area contributed by atoms with Crippen LogP contribution in [-0.2, 0) is 11.8 Å². The summed E-state index contributed by atoms with van der Waals surface area (Å²) in [5.41, 5.74) is 7.92. The topological polar surface area (TPSA) is 65.1 Å². The van der Waals surface area contributed by atoms with Gasteiger partial charge in [0.05, 0.1) is 11.4 Å². The van der Waals surface area contributed by atoms with Crippen molar-refractivity contribution in [2.24, 2.45) is 12.5 Å². The second-order valence-corrected chi connectivity index (χ2v) is 5.25. The van der Waals surface area contributed by atoms with Crippen molar-refractivity contribution in [2.45, 2.75) is 26.7 Å². The standard InChI is InChI=1S/C12H22N4O/c1-9-10(13)11(16(3)15-9)14-8-12(2)4-6-17-7-5-12/h14H,4-8,13H2,1-3H3. The molecule has 0 radical (unpaired) electrons. The number of nitrogen functional groups attached to an aromatic ring is 1. The third kappa shape index (κ3) is 2.54. The molecule has 96 valence electrons. The lowest BCUT2D eigenvalue weighted by atomic mass is 9.82. The summed E-state index contributed by atoms with van der Waals surface area (Å²) in [6.45, 7) is 6.86. The minimum atomic E-state index is 0.295. The zero-order valence-corrected chi connectivity index (χ0v) is 10.9. The smallest absolute Gasteiger partial charge is 0.147 e. The highest BCUT2D eigenvalue weighted by atomic mass is 16.5. The molecule has 0 spiro atoms. The molecule has 5 nitrogen and oxygen atoms in total. The number of rotatable bonds is 3. The summed E-state index contributed by atoms with van der Waals surface area (Å²) in [7, 11) is 1.91. The first-order chi connectivity index (χ1) is 8.02. The Morgan fingerprint density at radius 2 is 2.12 bits per heavy atom. The zero-order chi connectivity index (χ0) is 12.5. The molecule has 1 aliphatic heterocycles. The summed E-state index contributed by atoms with van der Waals surface area (Å²) < 4.78 is 7.21. The van der Waals surface area contributed by atoms with E-state index in [1.54, 1.807) is 0 Å². The quantitative estimate of drug-likeness (QED) is 0.838. The fourth-order valence-corrected chi connectivity index (χ4v) is 2.22. The van der Waals surface area contributed by atoms with Gasteiger partial charge < -0.3 is 15.8 Å². The van der Waals surface area contributed by atoms with Crippen LogP contribution in [0.1, 0.15) is 25.5 Å². The third-order valence-electron chi connectivity index (χ3n) is 3.65. The fourth-order valence-electron chi connectivity index (χ4n) is 2.22. The molecule has 1 aliphatic rings. The zero-order valence-electron chi connectivity index (χ0n) is 10.9. The summed E-state index contributed by atoms with van der Waals surface area (Å²) in [6.07, 6.45) is 2.19. The molecule has 5 heteroatoms. The van der Waals surface area contributed by atoms with Crippen LogP contribution in [0.5, 0.6) is 0 Å². The summed E-state index contributed by atoms with van der Waals surface area (Å²) in [5.74, 6) is 0.926. The number of nitrogens with zero attached hydrogens (tertiary/aromatic N) is 2. The fraction of sp³-hybridized carbons (Fsp3) is 0.750. The van der Waals surface area contributed by atoms with E-state index in [1.165, 1.54) is 0 Å². The molecule has 0 aliphatic carbocycles. The van der Waals surface area contributed by atoms with Gasteiger partial charge in [-0.25, -0.2) is 0 Å². The van der Waals surface area contributed by atoms with Gasteiger partial charge >= 0.3 is 0 Å².